The molecule has 0 unspecified atom stereocenters. The van der Waals surface area contributed by atoms with E-state index in [-0.39, 0.29) is 23.9 Å². The largest absolute Gasteiger partial charge is 0.357 e. The second-order valence-corrected chi connectivity index (χ2v) is 8.01. The van der Waals surface area contributed by atoms with Crippen molar-refractivity contribution in [2.45, 2.75) is 26.6 Å². The number of rotatable bonds is 8. The number of aromatic nitrogens is 2. The van der Waals surface area contributed by atoms with Gasteiger partial charge in [0.1, 0.15) is 5.15 Å². The summed E-state index contributed by atoms with van der Waals surface area (Å²) in [5.41, 5.74) is 1.32. The fraction of sp³-hybridized carbons (Fsp3) is 0.412. The minimum atomic E-state index is -3.65. The number of benzene rings is 1. The van der Waals surface area contributed by atoms with E-state index in [1.807, 2.05) is 6.07 Å². The van der Waals surface area contributed by atoms with Crippen LogP contribution in [0.3, 0.4) is 0 Å². The SMILES string of the molecule is CCOP(=O)(OCC)[C@H](NC(=O)c1c(C)nn(C)c1Cl)c1ccccc1. The molecule has 1 heterocycles. The van der Waals surface area contributed by atoms with E-state index in [1.54, 1.807) is 52.1 Å². The molecule has 0 aliphatic carbocycles. The van der Waals surface area contributed by atoms with Gasteiger partial charge in [0.15, 0.2) is 5.78 Å². The normalized spacial score (nSPS) is 12.8. The Morgan fingerprint density at radius 2 is 1.85 bits per heavy atom. The number of carbonyl (C=O) groups excluding carboxylic acids is 1. The number of hydrogen-bond acceptors (Lipinski definition) is 5. The first-order chi connectivity index (χ1) is 12.3. The third kappa shape index (κ3) is 4.35. The van der Waals surface area contributed by atoms with Crippen molar-refractivity contribution in [1.82, 2.24) is 15.1 Å². The molecule has 1 atom stereocenters. The third-order valence-electron chi connectivity index (χ3n) is 3.70. The van der Waals surface area contributed by atoms with Gasteiger partial charge in [0, 0.05) is 7.05 Å². The lowest BCUT2D eigenvalue weighted by Gasteiger charge is -2.27. The lowest BCUT2D eigenvalue weighted by Crippen LogP contribution is -2.30. The van der Waals surface area contributed by atoms with Crippen molar-refractivity contribution in [2.75, 3.05) is 13.2 Å². The van der Waals surface area contributed by atoms with E-state index < -0.39 is 19.3 Å². The van der Waals surface area contributed by atoms with Gasteiger partial charge in [0.25, 0.3) is 5.91 Å². The van der Waals surface area contributed by atoms with Gasteiger partial charge in [0.2, 0.25) is 0 Å². The smallest absolute Gasteiger partial charge is 0.334 e. The summed E-state index contributed by atoms with van der Waals surface area (Å²) < 4.78 is 25.7. The summed E-state index contributed by atoms with van der Waals surface area (Å²) >= 11 is 6.18. The lowest BCUT2D eigenvalue weighted by molar-refractivity contribution is 0.0936. The van der Waals surface area contributed by atoms with Gasteiger partial charge in [-0.05, 0) is 26.3 Å². The fourth-order valence-corrected chi connectivity index (χ4v) is 4.78. The molecule has 2 aromatic rings. The van der Waals surface area contributed by atoms with Crippen LogP contribution in [0.15, 0.2) is 30.3 Å². The first kappa shape index (κ1) is 20.6. The molecule has 0 saturated heterocycles. The molecule has 0 fully saturated rings. The summed E-state index contributed by atoms with van der Waals surface area (Å²) in [6, 6.07) is 8.93. The maximum Gasteiger partial charge on any atom is 0.357 e. The van der Waals surface area contributed by atoms with E-state index in [0.717, 1.165) is 0 Å². The van der Waals surface area contributed by atoms with Crippen LogP contribution in [0.25, 0.3) is 0 Å². The Morgan fingerprint density at radius 1 is 1.27 bits per heavy atom. The van der Waals surface area contributed by atoms with Crippen molar-refractivity contribution in [1.29, 1.82) is 0 Å². The number of carbonyl (C=O) groups is 1. The molecule has 7 nitrogen and oxygen atoms in total. The molecule has 142 valence electrons. The monoisotopic (exact) mass is 399 g/mol. The standard InChI is InChI=1S/C17H23ClN3O4P/c1-5-24-26(23,25-6-2)17(13-10-8-7-9-11-13)19-16(22)14-12(3)20-21(4)15(14)18/h7-11,17H,5-6H2,1-4H3,(H,19,22)/t17-/m0/s1. The Kier molecular flexibility index (Phi) is 7.01. The minimum Gasteiger partial charge on any atom is -0.334 e. The van der Waals surface area contributed by atoms with Crippen LogP contribution in [0.1, 0.15) is 41.2 Å². The Labute approximate surface area is 158 Å². The third-order valence-corrected chi connectivity index (χ3v) is 6.43. The molecule has 0 spiro atoms. The highest BCUT2D eigenvalue weighted by Gasteiger charge is 2.39. The van der Waals surface area contributed by atoms with Gasteiger partial charge in [-0.3, -0.25) is 14.0 Å². The molecular formula is C17H23ClN3O4P. The zero-order chi connectivity index (χ0) is 19.3. The summed E-state index contributed by atoms with van der Waals surface area (Å²) in [7, 11) is -2.01. The Bertz CT molecular complexity index is 800. The Morgan fingerprint density at radius 3 is 2.31 bits per heavy atom. The summed E-state index contributed by atoms with van der Waals surface area (Å²) in [6.45, 7) is 5.49. The molecule has 1 aromatic carbocycles. The van der Waals surface area contributed by atoms with E-state index in [0.29, 0.717) is 11.3 Å². The molecule has 0 saturated carbocycles. The van der Waals surface area contributed by atoms with Gasteiger partial charge >= 0.3 is 7.60 Å². The number of nitrogens with one attached hydrogen (secondary N) is 1. The molecule has 0 aliphatic heterocycles. The van der Waals surface area contributed by atoms with Crippen LogP contribution < -0.4 is 5.32 Å². The highest BCUT2D eigenvalue weighted by Crippen LogP contribution is 2.59. The molecule has 1 aromatic heterocycles. The van der Waals surface area contributed by atoms with Crippen molar-refractivity contribution < 1.29 is 18.4 Å². The van der Waals surface area contributed by atoms with Crippen LogP contribution in [-0.4, -0.2) is 28.9 Å². The molecule has 1 amide bonds. The quantitative estimate of drug-likeness (QED) is 0.676. The minimum absolute atomic E-state index is 0.184. The van der Waals surface area contributed by atoms with Crippen molar-refractivity contribution in [2.24, 2.45) is 7.05 Å². The molecule has 1 N–H and O–H groups in total. The number of amides is 1. The molecule has 2 rings (SSSR count). The zero-order valence-corrected chi connectivity index (χ0v) is 16.9. The van der Waals surface area contributed by atoms with Gasteiger partial charge in [-0.25, -0.2) is 0 Å². The molecule has 0 radical (unpaired) electrons. The van der Waals surface area contributed by atoms with Gasteiger partial charge in [-0.15, -0.1) is 0 Å². The Hall–Kier alpha value is -1.66. The Balaban J connectivity index is 2.44. The first-order valence-corrected chi connectivity index (χ1v) is 10.3. The molecule has 9 heteroatoms. The molecule has 26 heavy (non-hydrogen) atoms. The predicted octanol–water partition coefficient (Wildman–Crippen LogP) is 4.08. The second kappa shape index (κ2) is 8.82. The van der Waals surface area contributed by atoms with E-state index in [1.165, 1.54) is 4.68 Å². The summed E-state index contributed by atoms with van der Waals surface area (Å²) in [5.74, 6) is -1.46. The molecular weight excluding hydrogens is 377 g/mol. The van der Waals surface area contributed by atoms with Crippen molar-refractivity contribution in [3.63, 3.8) is 0 Å². The van der Waals surface area contributed by atoms with E-state index in [9.17, 15) is 9.36 Å². The second-order valence-electron chi connectivity index (χ2n) is 5.54. The topological polar surface area (TPSA) is 82.4 Å². The number of nitrogens with zero attached hydrogens (tertiary/aromatic N) is 2. The lowest BCUT2D eigenvalue weighted by atomic mass is 10.2. The molecule has 0 bridgehead atoms. The van der Waals surface area contributed by atoms with Gasteiger partial charge < -0.3 is 14.4 Å². The zero-order valence-electron chi connectivity index (χ0n) is 15.2. The summed E-state index contributed by atoms with van der Waals surface area (Å²) in [6.07, 6.45) is 0. The number of hydrogen-bond donors (Lipinski definition) is 1. The van der Waals surface area contributed by atoms with Crippen LogP contribution in [0.4, 0.5) is 0 Å². The summed E-state index contributed by atoms with van der Waals surface area (Å²) in [4.78, 5) is 12.9. The van der Waals surface area contributed by atoms with Crippen LogP contribution in [0.2, 0.25) is 5.15 Å². The predicted molar refractivity (Wildman–Crippen MR) is 100 cm³/mol. The number of aryl methyl sites for hydroxylation is 2. The van der Waals surface area contributed by atoms with Crippen molar-refractivity contribution in [3.8, 4) is 0 Å². The number of halogens is 1. The van der Waals surface area contributed by atoms with E-state index >= 15 is 0 Å². The highest BCUT2D eigenvalue weighted by atomic mass is 35.5. The van der Waals surface area contributed by atoms with E-state index in [4.69, 9.17) is 20.6 Å². The molecule has 0 aliphatic rings. The van der Waals surface area contributed by atoms with Gasteiger partial charge in [0.05, 0.1) is 24.5 Å². The first-order valence-electron chi connectivity index (χ1n) is 8.27. The van der Waals surface area contributed by atoms with Crippen LogP contribution in [-0.2, 0) is 20.7 Å². The van der Waals surface area contributed by atoms with Crippen molar-refractivity contribution >= 4 is 25.1 Å². The van der Waals surface area contributed by atoms with Crippen LogP contribution in [0.5, 0.6) is 0 Å². The van der Waals surface area contributed by atoms with E-state index in [2.05, 4.69) is 10.4 Å². The fourth-order valence-electron chi connectivity index (χ4n) is 2.61. The van der Waals surface area contributed by atoms with Gasteiger partial charge in [-0.1, -0.05) is 41.9 Å². The average Bonchev–Trinajstić information content (AvgIpc) is 2.86. The average molecular weight is 400 g/mol. The van der Waals surface area contributed by atoms with Crippen LogP contribution >= 0.6 is 19.2 Å². The highest BCUT2D eigenvalue weighted by molar-refractivity contribution is 7.54. The van der Waals surface area contributed by atoms with Crippen molar-refractivity contribution in [3.05, 3.63) is 52.3 Å². The summed E-state index contributed by atoms with van der Waals surface area (Å²) in [5, 5.41) is 7.11. The maximum atomic E-state index is 13.3. The van der Waals surface area contributed by atoms with Gasteiger partial charge in [-0.2, -0.15) is 5.10 Å². The maximum absolute atomic E-state index is 13.3. The van der Waals surface area contributed by atoms with Crippen LogP contribution in [0, 0.1) is 6.92 Å².